The highest BCUT2D eigenvalue weighted by Gasteiger charge is 2.19. The van der Waals surface area contributed by atoms with Crippen LogP contribution in [0.1, 0.15) is 12.5 Å². The first-order valence-electron chi connectivity index (χ1n) is 7.58. The van der Waals surface area contributed by atoms with Crippen LogP contribution < -0.4 is 20.7 Å². The summed E-state index contributed by atoms with van der Waals surface area (Å²) in [6, 6.07) is 13.8. The smallest absolute Gasteiger partial charge is 0.328 e. The molecule has 24 heavy (non-hydrogen) atoms. The van der Waals surface area contributed by atoms with E-state index in [9.17, 15) is 9.59 Å². The minimum absolute atomic E-state index is 0.375. The van der Waals surface area contributed by atoms with Gasteiger partial charge in [-0.15, -0.1) is 0 Å². The van der Waals surface area contributed by atoms with Gasteiger partial charge in [0.05, 0.1) is 12.8 Å². The number of nitrogens with two attached hydrogens (primary N) is 1. The molecule has 2 rings (SSSR count). The summed E-state index contributed by atoms with van der Waals surface area (Å²) in [6.07, 6.45) is 0.631. The van der Waals surface area contributed by atoms with E-state index >= 15 is 0 Å². The molecule has 3 N–H and O–H groups in total. The molecule has 0 spiro atoms. The zero-order chi connectivity index (χ0) is 17.5. The first-order valence-corrected chi connectivity index (χ1v) is 7.58. The fourth-order valence-corrected chi connectivity index (χ4v) is 2.33. The standard InChI is InChI=1S/C18H21N3O3/c1-13(22)21(16-7-4-6-15(19)12-16)18(23)20-10-9-14-5-3-8-17(11-14)24-2/h3-8,11-12H,9-10,19H2,1-2H3,(H,20,23). The maximum atomic E-state index is 12.3. The fraction of sp³-hybridized carbons (Fsp3) is 0.222. The van der Waals surface area contributed by atoms with E-state index in [-0.39, 0.29) is 5.91 Å². The summed E-state index contributed by atoms with van der Waals surface area (Å²) in [5.41, 5.74) is 7.69. The van der Waals surface area contributed by atoms with E-state index in [2.05, 4.69) is 5.32 Å². The van der Waals surface area contributed by atoms with Gasteiger partial charge >= 0.3 is 6.03 Å². The van der Waals surface area contributed by atoms with Gasteiger partial charge < -0.3 is 15.8 Å². The van der Waals surface area contributed by atoms with Gasteiger partial charge in [0, 0.05) is 19.2 Å². The van der Waals surface area contributed by atoms with Crippen molar-refractivity contribution in [1.82, 2.24) is 5.32 Å². The van der Waals surface area contributed by atoms with E-state index < -0.39 is 6.03 Å². The average Bonchev–Trinajstić information content (AvgIpc) is 2.55. The summed E-state index contributed by atoms with van der Waals surface area (Å²) in [5.74, 6) is 0.392. The van der Waals surface area contributed by atoms with Crippen LogP contribution in [0, 0.1) is 0 Å². The molecule has 0 saturated carbocycles. The van der Waals surface area contributed by atoms with E-state index in [1.54, 1.807) is 31.4 Å². The van der Waals surface area contributed by atoms with Crippen LogP contribution >= 0.6 is 0 Å². The molecule has 0 fully saturated rings. The number of rotatable bonds is 5. The highest BCUT2D eigenvalue weighted by molar-refractivity contribution is 6.13. The molecule has 0 aliphatic rings. The Bertz CT molecular complexity index is 731. The Kier molecular flexibility index (Phi) is 5.78. The molecule has 3 amide bonds. The summed E-state index contributed by atoms with van der Waals surface area (Å²) in [7, 11) is 1.61. The molecular weight excluding hydrogens is 306 g/mol. The van der Waals surface area contributed by atoms with E-state index in [4.69, 9.17) is 10.5 Å². The quantitative estimate of drug-likeness (QED) is 0.827. The van der Waals surface area contributed by atoms with Gasteiger partial charge in [0.1, 0.15) is 5.75 Å². The Balaban J connectivity index is 1.99. The third kappa shape index (κ3) is 4.49. The van der Waals surface area contributed by atoms with E-state index in [0.717, 1.165) is 16.2 Å². The molecule has 2 aromatic rings. The molecule has 0 unspecified atom stereocenters. The summed E-state index contributed by atoms with van der Waals surface area (Å²) in [6.45, 7) is 1.74. The highest BCUT2D eigenvalue weighted by Crippen LogP contribution is 2.18. The monoisotopic (exact) mass is 327 g/mol. The van der Waals surface area contributed by atoms with Gasteiger partial charge in [-0.05, 0) is 42.3 Å². The number of nitrogens with one attached hydrogen (secondary N) is 1. The molecule has 0 bridgehead atoms. The predicted molar refractivity (Wildman–Crippen MR) is 94.1 cm³/mol. The fourth-order valence-electron chi connectivity index (χ4n) is 2.33. The first kappa shape index (κ1) is 17.3. The second-order valence-corrected chi connectivity index (χ2v) is 5.28. The van der Waals surface area contributed by atoms with E-state index in [0.29, 0.717) is 24.3 Å². The predicted octanol–water partition coefficient (Wildman–Crippen LogP) is 2.58. The average molecular weight is 327 g/mol. The number of carbonyl (C=O) groups is 2. The molecule has 6 heteroatoms. The van der Waals surface area contributed by atoms with Crippen molar-refractivity contribution < 1.29 is 14.3 Å². The second kappa shape index (κ2) is 8.01. The molecule has 0 aliphatic carbocycles. The molecular formula is C18H21N3O3. The normalized spacial score (nSPS) is 10.1. The van der Waals surface area contributed by atoms with E-state index in [1.807, 2.05) is 24.3 Å². The van der Waals surface area contributed by atoms with Crippen molar-refractivity contribution in [3.63, 3.8) is 0 Å². The zero-order valence-electron chi connectivity index (χ0n) is 13.8. The molecule has 0 aromatic heterocycles. The number of hydrogen-bond acceptors (Lipinski definition) is 4. The number of ether oxygens (including phenoxy) is 1. The Morgan fingerprint density at radius 3 is 2.58 bits per heavy atom. The second-order valence-electron chi connectivity index (χ2n) is 5.28. The van der Waals surface area contributed by atoms with Gasteiger partial charge in [-0.25, -0.2) is 9.69 Å². The largest absolute Gasteiger partial charge is 0.497 e. The maximum Gasteiger partial charge on any atom is 0.328 e. The molecule has 126 valence electrons. The van der Waals surface area contributed by atoms with Crippen molar-refractivity contribution in [1.29, 1.82) is 0 Å². The topological polar surface area (TPSA) is 84.7 Å². The van der Waals surface area contributed by atoms with Crippen molar-refractivity contribution in [2.24, 2.45) is 0 Å². The lowest BCUT2D eigenvalue weighted by atomic mass is 10.1. The number of methoxy groups -OCH3 is 1. The highest BCUT2D eigenvalue weighted by atomic mass is 16.5. The molecule has 6 nitrogen and oxygen atoms in total. The van der Waals surface area contributed by atoms with E-state index in [1.165, 1.54) is 6.92 Å². The van der Waals surface area contributed by atoms with Crippen LogP contribution in [0.15, 0.2) is 48.5 Å². The summed E-state index contributed by atoms with van der Waals surface area (Å²) in [4.78, 5) is 25.2. The van der Waals surface area contributed by atoms with Crippen LogP contribution in [0.5, 0.6) is 5.75 Å². The number of imide groups is 1. The van der Waals surface area contributed by atoms with Gasteiger partial charge in [-0.2, -0.15) is 0 Å². The lowest BCUT2D eigenvalue weighted by Gasteiger charge is -2.20. The molecule has 0 radical (unpaired) electrons. The Hall–Kier alpha value is -3.02. The van der Waals surface area contributed by atoms with Gasteiger partial charge in [0.15, 0.2) is 0 Å². The van der Waals surface area contributed by atoms with Crippen molar-refractivity contribution in [2.75, 3.05) is 24.3 Å². The van der Waals surface area contributed by atoms with Crippen LogP contribution in [0.4, 0.5) is 16.2 Å². The Morgan fingerprint density at radius 1 is 1.17 bits per heavy atom. The third-order valence-corrected chi connectivity index (χ3v) is 3.47. The minimum Gasteiger partial charge on any atom is -0.497 e. The summed E-state index contributed by atoms with van der Waals surface area (Å²) in [5, 5.41) is 2.75. The van der Waals surface area contributed by atoms with Crippen LogP contribution in [-0.4, -0.2) is 25.6 Å². The number of hydrogen-bond donors (Lipinski definition) is 2. The van der Waals surface area contributed by atoms with Crippen LogP contribution in [0.3, 0.4) is 0 Å². The lowest BCUT2D eigenvalue weighted by molar-refractivity contribution is -0.115. The van der Waals surface area contributed by atoms with Crippen LogP contribution in [0.2, 0.25) is 0 Å². The molecule has 0 aliphatic heterocycles. The number of nitrogen functional groups attached to an aromatic ring is 1. The number of nitrogens with zero attached hydrogens (tertiary/aromatic N) is 1. The molecule has 0 atom stereocenters. The van der Waals surface area contributed by atoms with Gasteiger partial charge in [0.2, 0.25) is 5.91 Å². The number of benzene rings is 2. The van der Waals surface area contributed by atoms with Crippen molar-refractivity contribution in [3.8, 4) is 5.75 Å². The summed E-state index contributed by atoms with van der Waals surface area (Å²) >= 11 is 0. The van der Waals surface area contributed by atoms with Gasteiger partial charge in [0.25, 0.3) is 0 Å². The zero-order valence-corrected chi connectivity index (χ0v) is 13.8. The number of anilines is 2. The van der Waals surface area contributed by atoms with Crippen molar-refractivity contribution in [3.05, 3.63) is 54.1 Å². The Labute approximate surface area is 141 Å². The van der Waals surface area contributed by atoms with Crippen LogP contribution in [0.25, 0.3) is 0 Å². The van der Waals surface area contributed by atoms with Gasteiger partial charge in [-0.3, -0.25) is 4.79 Å². The lowest BCUT2D eigenvalue weighted by Crippen LogP contribution is -2.43. The molecule has 2 aromatic carbocycles. The van der Waals surface area contributed by atoms with Crippen LogP contribution in [-0.2, 0) is 11.2 Å². The number of amides is 3. The minimum atomic E-state index is -0.476. The maximum absolute atomic E-state index is 12.3. The number of urea groups is 1. The van der Waals surface area contributed by atoms with Crippen molar-refractivity contribution in [2.45, 2.75) is 13.3 Å². The summed E-state index contributed by atoms with van der Waals surface area (Å²) < 4.78 is 5.17. The van der Waals surface area contributed by atoms with Crippen molar-refractivity contribution >= 4 is 23.3 Å². The first-order chi connectivity index (χ1) is 11.5. The third-order valence-electron chi connectivity index (χ3n) is 3.47. The Morgan fingerprint density at radius 2 is 1.92 bits per heavy atom. The number of carbonyl (C=O) groups excluding carboxylic acids is 2. The SMILES string of the molecule is COc1cccc(CCNC(=O)N(C(C)=O)c2cccc(N)c2)c1. The molecule has 0 heterocycles. The molecule has 0 saturated heterocycles. The van der Waals surface area contributed by atoms with Gasteiger partial charge in [-0.1, -0.05) is 18.2 Å².